The molecular formula is C45H51N7O7S. The molecule has 3 aliphatic carbocycles. The standard InChI is InChI=1S/C45H51N7O7S/c53-41-38-26-34(52-48-39(30-14-5-4-6-15-30)40(49-52)32-22-21-29-13-9-10-16-31(29)25-32)28-51(38)42(54)37(46-44(56)59-35-18-11-12-19-35)20-8-3-1-2-7-17-33-27-45(33,47-41)43(55)50-60(57,58)36-23-24-36/h4-7,9-10,13-17,21-22,25,33-38H,1-3,8,11-12,18-20,23-24,26-28H2,(H,46,56)(H,47,53)(H,50,55)/b17-7+/t33-,34-,37-,38+,45-/m1/s1. The number of allylic oxidation sites excluding steroid dienone is 1. The summed E-state index contributed by atoms with van der Waals surface area (Å²) >= 11 is 0. The molecule has 5 aliphatic rings. The number of hydrogen-bond donors (Lipinski definition) is 3. The minimum Gasteiger partial charge on any atom is -0.446 e. The predicted molar refractivity (Wildman–Crippen MR) is 225 cm³/mol. The number of carbonyl (C=O) groups is 4. The monoisotopic (exact) mass is 833 g/mol. The van der Waals surface area contributed by atoms with Gasteiger partial charge in [-0.15, -0.1) is 0 Å². The fourth-order valence-corrected chi connectivity index (χ4v) is 10.5. The van der Waals surface area contributed by atoms with E-state index < -0.39 is 68.7 Å². The number of amides is 4. The Morgan fingerprint density at radius 3 is 2.30 bits per heavy atom. The third-order valence-corrected chi connectivity index (χ3v) is 14.6. The van der Waals surface area contributed by atoms with Crippen molar-refractivity contribution in [3.8, 4) is 22.5 Å². The molecule has 4 aromatic rings. The molecule has 9 rings (SSSR count). The van der Waals surface area contributed by atoms with Crippen LogP contribution in [-0.2, 0) is 29.1 Å². The lowest BCUT2D eigenvalue weighted by Crippen LogP contribution is -2.58. The van der Waals surface area contributed by atoms with Crippen LogP contribution in [0.15, 0.2) is 84.9 Å². The number of nitrogens with zero attached hydrogens (tertiary/aromatic N) is 4. The number of sulfonamides is 1. The average molecular weight is 834 g/mol. The van der Waals surface area contributed by atoms with E-state index in [4.69, 9.17) is 14.9 Å². The first-order valence-electron chi connectivity index (χ1n) is 21.4. The van der Waals surface area contributed by atoms with Crippen LogP contribution in [0.5, 0.6) is 0 Å². The van der Waals surface area contributed by atoms with Gasteiger partial charge in [-0.05, 0) is 81.0 Å². The summed E-state index contributed by atoms with van der Waals surface area (Å²) in [7, 11) is -3.90. The summed E-state index contributed by atoms with van der Waals surface area (Å²) in [6, 6.07) is 21.3. The van der Waals surface area contributed by atoms with Gasteiger partial charge in [-0.25, -0.2) is 13.2 Å². The van der Waals surface area contributed by atoms with Gasteiger partial charge in [0.15, 0.2) is 0 Å². The van der Waals surface area contributed by atoms with Crippen molar-refractivity contribution in [2.75, 3.05) is 6.54 Å². The van der Waals surface area contributed by atoms with E-state index in [0.717, 1.165) is 60.4 Å². The summed E-state index contributed by atoms with van der Waals surface area (Å²) in [5.74, 6) is -2.23. The molecule has 5 atom stereocenters. The van der Waals surface area contributed by atoms with Gasteiger partial charge in [-0.2, -0.15) is 15.0 Å². The fourth-order valence-electron chi connectivity index (χ4n) is 9.09. The van der Waals surface area contributed by atoms with Crippen LogP contribution in [0, 0.1) is 5.92 Å². The molecule has 1 saturated heterocycles. The molecule has 3 heterocycles. The maximum absolute atomic E-state index is 14.8. The summed E-state index contributed by atoms with van der Waals surface area (Å²) in [5.41, 5.74) is 1.48. The lowest BCUT2D eigenvalue weighted by Gasteiger charge is -2.30. The van der Waals surface area contributed by atoms with Crippen LogP contribution in [0.1, 0.15) is 89.5 Å². The second-order valence-electron chi connectivity index (χ2n) is 17.1. The number of ether oxygens (including phenoxy) is 1. The summed E-state index contributed by atoms with van der Waals surface area (Å²) < 4.78 is 33.9. The predicted octanol–water partition coefficient (Wildman–Crippen LogP) is 5.95. The maximum atomic E-state index is 14.8. The lowest BCUT2D eigenvalue weighted by atomic mass is 10.0. The van der Waals surface area contributed by atoms with Crippen molar-refractivity contribution in [1.29, 1.82) is 0 Å². The van der Waals surface area contributed by atoms with Crippen molar-refractivity contribution in [1.82, 2.24) is 35.2 Å². The Morgan fingerprint density at radius 1 is 0.817 bits per heavy atom. The van der Waals surface area contributed by atoms with Gasteiger partial charge in [0.2, 0.25) is 21.8 Å². The quantitative estimate of drug-likeness (QED) is 0.181. The van der Waals surface area contributed by atoms with Crippen molar-refractivity contribution in [3.05, 3.63) is 84.9 Å². The molecule has 4 amide bonds. The van der Waals surface area contributed by atoms with Gasteiger partial charge >= 0.3 is 6.09 Å². The topological polar surface area (TPSA) is 182 Å². The molecule has 0 radical (unpaired) electrons. The Hall–Kier alpha value is -5.57. The first kappa shape index (κ1) is 39.9. The van der Waals surface area contributed by atoms with Gasteiger partial charge in [0.1, 0.15) is 35.1 Å². The van der Waals surface area contributed by atoms with E-state index in [2.05, 4.69) is 21.4 Å². The highest BCUT2D eigenvalue weighted by molar-refractivity contribution is 7.91. The third-order valence-electron chi connectivity index (χ3n) is 12.8. The molecule has 0 unspecified atom stereocenters. The highest BCUT2D eigenvalue weighted by atomic mass is 32.2. The van der Waals surface area contributed by atoms with Gasteiger partial charge in [0.25, 0.3) is 5.91 Å². The van der Waals surface area contributed by atoms with Crippen LogP contribution in [-0.4, -0.2) is 87.6 Å². The van der Waals surface area contributed by atoms with Crippen molar-refractivity contribution in [3.63, 3.8) is 0 Å². The number of fused-ring (bicyclic) bond motifs is 3. The molecule has 14 nitrogen and oxygen atoms in total. The van der Waals surface area contributed by atoms with Crippen molar-refractivity contribution >= 4 is 44.6 Å². The van der Waals surface area contributed by atoms with Crippen LogP contribution < -0.4 is 15.4 Å². The SMILES string of the molecule is O=C(N[C@@H]1CCCCC/C=C/[C@@H]2C[C@@]2(C(=O)NS(=O)(=O)C2CC2)NC(=O)[C@@H]2C[C@@H](n3nc(-c4ccccc4)c(-c4ccc5ccccc5c4)n3)CN2C1=O)OC1CCCC1. The van der Waals surface area contributed by atoms with Crippen LogP contribution in [0.25, 0.3) is 33.3 Å². The van der Waals surface area contributed by atoms with E-state index in [1.807, 2.05) is 78.9 Å². The first-order chi connectivity index (χ1) is 29.1. The van der Waals surface area contributed by atoms with Crippen molar-refractivity contribution < 1.29 is 32.3 Å². The largest absolute Gasteiger partial charge is 0.446 e. The van der Waals surface area contributed by atoms with Gasteiger partial charge in [0, 0.05) is 30.0 Å². The van der Waals surface area contributed by atoms with Gasteiger partial charge in [0.05, 0.1) is 11.3 Å². The Bertz CT molecular complexity index is 2430. The lowest BCUT2D eigenvalue weighted by molar-refractivity contribution is -0.141. The van der Waals surface area contributed by atoms with E-state index in [1.54, 1.807) is 4.80 Å². The van der Waals surface area contributed by atoms with E-state index in [0.29, 0.717) is 43.5 Å². The Labute approximate surface area is 349 Å². The Kier molecular flexibility index (Phi) is 10.9. The van der Waals surface area contributed by atoms with Crippen LogP contribution in [0.4, 0.5) is 4.79 Å². The summed E-state index contributed by atoms with van der Waals surface area (Å²) in [5, 5.41) is 17.4. The second kappa shape index (κ2) is 16.5. The zero-order valence-corrected chi connectivity index (χ0v) is 34.3. The number of nitrogens with one attached hydrogen (secondary N) is 3. The maximum Gasteiger partial charge on any atom is 0.408 e. The third kappa shape index (κ3) is 8.28. The van der Waals surface area contributed by atoms with Crippen LogP contribution >= 0.6 is 0 Å². The molecule has 15 heteroatoms. The van der Waals surface area contributed by atoms with Gasteiger partial charge in [-0.3, -0.25) is 19.1 Å². The van der Waals surface area contributed by atoms with Crippen LogP contribution in [0.2, 0.25) is 0 Å². The second-order valence-corrected chi connectivity index (χ2v) is 19.0. The molecule has 3 aromatic carbocycles. The molecule has 1 aromatic heterocycles. The molecule has 2 aliphatic heterocycles. The minimum atomic E-state index is -3.90. The molecule has 0 spiro atoms. The van der Waals surface area contributed by atoms with Gasteiger partial charge in [-0.1, -0.05) is 91.7 Å². The number of benzene rings is 3. The van der Waals surface area contributed by atoms with Crippen molar-refractivity contribution in [2.45, 2.75) is 118 Å². The molecule has 3 N–H and O–H groups in total. The highest BCUT2D eigenvalue weighted by Gasteiger charge is 2.62. The van der Waals surface area contributed by atoms with E-state index >= 15 is 0 Å². The zero-order valence-electron chi connectivity index (χ0n) is 33.5. The minimum absolute atomic E-state index is 0.0471. The zero-order chi connectivity index (χ0) is 41.4. The molecule has 0 bridgehead atoms. The first-order valence-corrected chi connectivity index (χ1v) is 23.0. The molecular weight excluding hydrogens is 783 g/mol. The fraction of sp³-hybridized carbons (Fsp3) is 0.467. The average Bonchev–Trinajstić information content (AvgIpc) is 4.02. The Balaban J connectivity index is 1.06. The number of carbonyl (C=O) groups excluding carboxylic acids is 4. The smallest absolute Gasteiger partial charge is 0.408 e. The normalized spacial score (nSPS) is 26.9. The van der Waals surface area contributed by atoms with Gasteiger partial charge < -0.3 is 20.3 Å². The Morgan fingerprint density at radius 2 is 1.53 bits per heavy atom. The molecule has 314 valence electrons. The summed E-state index contributed by atoms with van der Waals surface area (Å²) in [6.45, 7) is 0.0471. The van der Waals surface area contributed by atoms with E-state index in [9.17, 15) is 27.6 Å². The van der Waals surface area contributed by atoms with Crippen molar-refractivity contribution in [2.24, 2.45) is 5.92 Å². The number of hydrogen-bond acceptors (Lipinski definition) is 9. The number of rotatable bonds is 8. The molecule has 60 heavy (non-hydrogen) atoms. The van der Waals surface area contributed by atoms with E-state index in [1.165, 1.54) is 4.90 Å². The van der Waals surface area contributed by atoms with E-state index in [-0.39, 0.29) is 25.5 Å². The van der Waals surface area contributed by atoms with Crippen LogP contribution in [0.3, 0.4) is 0 Å². The summed E-state index contributed by atoms with van der Waals surface area (Å²) in [4.78, 5) is 59.8. The molecule has 3 saturated carbocycles. The highest BCUT2D eigenvalue weighted by Crippen LogP contribution is 2.46. The number of alkyl carbamates (subject to hydrolysis) is 1. The number of aromatic nitrogens is 3. The molecule has 4 fully saturated rings. The summed E-state index contributed by atoms with van der Waals surface area (Å²) in [6.07, 6.45) is 11.1.